The Kier molecular flexibility index (Phi) is 3.93. The van der Waals surface area contributed by atoms with E-state index in [1.165, 1.54) is 0 Å². The number of amides is 1. The quantitative estimate of drug-likeness (QED) is 0.851. The van der Waals surface area contributed by atoms with E-state index in [0.29, 0.717) is 25.9 Å². The SMILES string of the molecule is CC(C)(C)OC(=O)N1CC2(CCC(F)(CC(=O)O)CC2)C1. The largest absolute Gasteiger partial charge is 0.481 e. The summed E-state index contributed by atoms with van der Waals surface area (Å²) in [5.41, 5.74) is -2.13. The minimum atomic E-state index is -1.58. The van der Waals surface area contributed by atoms with Gasteiger partial charge in [0.15, 0.2) is 0 Å². The molecule has 1 spiro atoms. The molecule has 6 heteroatoms. The molecule has 1 saturated heterocycles. The summed E-state index contributed by atoms with van der Waals surface area (Å²) in [7, 11) is 0. The number of carboxylic acids is 1. The Balaban J connectivity index is 1.82. The van der Waals surface area contributed by atoms with E-state index in [-0.39, 0.29) is 24.3 Å². The van der Waals surface area contributed by atoms with Crippen molar-refractivity contribution in [2.45, 2.75) is 64.1 Å². The number of hydrogen-bond donors (Lipinski definition) is 1. The fraction of sp³-hybridized carbons (Fsp3) is 0.867. The predicted molar refractivity (Wildman–Crippen MR) is 74.8 cm³/mol. The lowest BCUT2D eigenvalue weighted by atomic mass is 9.64. The van der Waals surface area contributed by atoms with Gasteiger partial charge in [-0.05, 0) is 46.5 Å². The first-order valence-electron chi connectivity index (χ1n) is 7.41. The van der Waals surface area contributed by atoms with Crippen molar-refractivity contribution in [3.8, 4) is 0 Å². The number of halogens is 1. The summed E-state index contributed by atoms with van der Waals surface area (Å²) in [6.07, 6.45) is 1.06. The summed E-state index contributed by atoms with van der Waals surface area (Å²) < 4.78 is 19.6. The molecule has 0 atom stereocenters. The maximum Gasteiger partial charge on any atom is 0.410 e. The van der Waals surface area contributed by atoms with Gasteiger partial charge in [-0.2, -0.15) is 0 Å². The zero-order chi connectivity index (χ0) is 15.9. The molecule has 5 nitrogen and oxygen atoms in total. The lowest BCUT2D eigenvalue weighted by molar-refractivity contribution is -0.142. The van der Waals surface area contributed by atoms with Crippen LogP contribution in [-0.2, 0) is 9.53 Å². The average molecular weight is 301 g/mol. The Morgan fingerprint density at radius 1 is 1.19 bits per heavy atom. The van der Waals surface area contributed by atoms with E-state index in [4.69, 9.17) is 9.84 Å². The van der Waals surface area contributed by atoms with Crippen molar-refractivity contribution in [1.82, 2.24) is 4.90 Å². The Morgan fingerprint density at radius 3 is 2.14 bits per heavy atom. The second kappa shape index (κ2) is 5.14. The van der Waals surface area contributed by atoms with Gasteiger partial charge in [-0.1, -0.05) is 0 Å². The van der Waals surface area contributed by atoms with Crippen LogP contribution in [0.3, 0.4) is 0 Å². The second-order valence-corrected chi connectivity index (χ2v) is 7.56. The number of nitrogens with zero attached hydrogens (tertiary/aromatic N) is 1. The minimum absolute atomic E-state index is 0.0367. The Bertz CT molecular complexity index is 427. The number of alkyl halides is 1. The highest BCUT2D eigenvalue weighted by Gasteiger charge is 2.51. The molecule has 0 aromatic carbocycles. The molecule has 0 unspecified atom stereocenters. The van der Waals surface area contributed by atoms with Crippen molar-refractivity contribution in [1.29, 1.82) is 0 Å². The highest BCUT2D eigenvalue weighted by atomic mass is 19.1. The van der Waals surface area contributed by atoms with Crippen LogP contribution < -0.4 is 0 Å². The van der Waals surface area contributed by atoms with Crippen LogP contribution in [0.4, 0.5) is 9.18 Å². The molecular weight excluding hydrogens is 277 g/mol. The lowest BCUT2D eigenvalue weighted by Gasteiger charge is -2.54. The van der Waals surface area contributed by atoms with Crippen LogP contribution in [0.25, 0.3) is 0 Å². The molecule has 1 aliphatic carbocycles. The van der Waals surface area contributed by atoms with Crippen molar-refractivity contribution >= 4 is 12.1 Å². The maximum atomic E-state index is 14.3. The number of carboxylic acid groups (broad SMARTS) is 1. The molecule has 1 N–H and O–H groups in total. The lowest BCUT2D eigenvalue weighted by Crippen LogP contribution is -2.61. The number of ether oxygens (including phenoxy) is 1. The number of hydrogen-bond acceptors (Lipinski definition) is 3. The van der Waals surface area contributed by atoms with E-state index in [2.05, 4.69) is 0 Å². The van der Waals surface area contributed by atoms with Gasteiger partial charge in [0.1, 0.15) is 11.3 Å². The summed E-state index contributed by atoms with van der Waals surface area (Å²) in [4.78, 5) is 24.2. The van der Waals surface area contributed by atoms with Crippen molar-refractivity contribution in [2.75, 3.05) is 13.1 Å². The first-order chi connectivity index (χ1) is 9.53. The van der Waals surface area contributed by atoms with Crippen LogP contribution in [0.5, 0.6) is 0 Å². The highest BCUT2D eigenvalue weighted by Crippen LogP contribution is 2.49. The molecule has 2 aliphatic rings. The van der Waals surface area contributed by atoms with Crippen LogP contribution in [0.2, 0.25) is 0 Å². The van der Waals surface area contributed by atoms with Gasteiger partial charge in [0.25, 0.3) is 0 Å². The Labute approximate surface area is 124 Å². The highest BCUT2D eigenvalue weighted by molar-refractivity contribution is 5.69. The van der Waals surface area contributed by atoms with Crippen molar-refractivity contribution in [3.63, 3.8) is 0 Å². The summed E-state index contributed by atoms with van der Waals surface area (Å²) in [5.74, 6) is -1.09. The van der Waals surface area contributed by atoms with Crippen LogP contribution in [-0.4, -0.2) is 46.4 Å². The van der Waals surface area contributed by atoms with E-state index in [1.54, 1.807) is 4.90 Å². The maximum absolute atomic E-state index is 14.3. The van der Waals surface area contributed by atoms with Crippen LogP contribution in [0, 0.1) is 5.41 Å². The topological polar surface area (TPSA) is 66.8 Å². The van der Waals surface area contributed by atoms with Crippen molar-refractivity contribution in [2.24, 2.45) is 5.41 Å². The van der Waals surface area contributed by atoms with Crippen LogP contribution >= 0.6 is 0 Å². The van der Waals surface area contributed by atoms with Gasteiger partial charge in [0.2, 0.25) is 0 Å². The summed E-state index contributed by atoms with van der Waals surface area (Å²) >= 11 is 0. The van der Waals surface area contributed by atoms with E-state index < -0.39 is 23.7 Å². The predicted octanol–water partition coefficient (Wildman–Crippen LogP) is 2.98. The van der Waals surface area contributed by atoms with E-state index >= 15 is 0 Å². The van der Waals surface area contributed by atoms with Gasteiger partial charge < -0.3 is 14.7 Å². The summed E-state index contributed by atoms with van der Waals surface area (Å²) in [6, 6.07) is 0. The van der Waals surface area contributed by atoms with E-state index in [0.717, 1.165) is 0 Å². The standard InChI is InChI=1S/C15H24FNO4/c1-13(2,3)21-12(20)17-9-14(10-17)4-6-15(16,7-5-14)8-11(18)19/h4-10H2,1-3H3,(H,18,19). The average Bonchev–Trinajstić information content (AvgIpc) is 2.23. The van der Waals surface area contributed by atoms with Gasteiger partial charge >= 0.3 is 12.1 Å². The summed E-state index contributed by atoms with van der Waals surface area (Å²) in [5, 5.41) is 8.75. The van der Waals surface area contributed by atoms with E-state index in [9.17, 15) is 14.0 Å². The fourth-order valence-electron chi connectivity index (χ4n) is 3.21. The second-order valence-electron chi connectivity index (χ2n) is 7.56. The number of likely N-dealkylation sites (tertiary alicyclic amines) is 1. The molecule has 0 bridgehead atoms. The third kappa shape index (κ3) is 3.86. The molecule has 2 fully saturated rings. The normalized spacial score (nSPS) is 23.5. The van der Waals surface area contributed by atoms with Gasteiger partial charge in [0, 0.05) is 18.5 Å². The minimum Gasteiger partial charge on any atom is -0.481 e. The molecule has 120 valence electrons. The number of rotatable bonds is 2. The monoisotopic (exact) mass is 301 g/mol. The molecule has 1 amide bonds. The first kappa shape index (κ1) is 16.0. The Morgan fingerprint density at radius 2 is 1.71 bits per heavy atom. The molecule has 21 heavy (non-hydrogen) atoms. The molecule has 0 aromatic rings. The molecule has 1 heterocycles. The molecule has 1 aliphatic heterocycles. The molecule has 0 radical (unpaired) electrons. The molecule has 0 aromatic heterocycles. The number of aliphatic carboxylic acids is 1. The fourth-order valence-corrected chi connectivity index (χ4v) is 3.21. The van der Waals surface area contributed by atoms with Crippen molar-refractivity contribution in [3.05, 3.63) is 0 Å². The smallest absolute Gasteiger partial charge is 0.410 e. The van der Waals surface area contributed by atoms with Crippen LogP contribution in [0.1, 0.15) is 52.9 Å². The number of carbonyl (C=O) groups is 2. The third-order valence-corrected chi connectivity index (χ3v) is 4.38. The Hall–Kier alpha value is -1.33. The van der Waals surface area contributed by atoms with Gasteiger partial charge in [-0.25, -0.2) is 9.18 Å². The van der Waals surface area contributed by atoms with E-state index in [1.807, 2.05) is 20.8 Å². The van der Waals surface area contributed by atoms with Gasteiger partial charge in [-0.15, -0.1) is 0 Å². The molecular formula is C15H24FNO4. The van der Waals surface area contributed by atoms with Gasteiger partial charge in [0.05, 0.1) is 6.42 Å². The summed E-state index contributed by atoms with van der Waals surface area (Å²) in [6.45, 7) is 6.65. The third-order valence-electron chi connectivity index (χ3n) is 4.38. The van der Waals surface area contributed by atoms with Crippen molar-refractivity contribution < 1.29 is 23.8 Å². The zero-order valence-electron chi connectivity index (χ0n) is 12.9. The zero-order valence-corrected chi connectivity index (χ0v) is 12.9. The van der Waals surface area contributed by atoms with Crippen LogP contribution in [0.15, 0.2) is 0 Å². The van der Waals surface area contributed by atoms with Gasteiger partial charge in [-0.3, -0.25) is 4.79 Å². The number of carbonyl (C=O) groups excluding carboxylic acids is 1. The molecule has 2 rings (SSSR count). The first-order valence-corrected chi connectivity index (χ1v) is 7.41. The molecule has 1 saturated carbocycles.